The summed E-state index contributed by atoms with van der Waals surface area (Å²) < 4.78 is 15.8. The van der Waals surface area contributed by atoms with Gasteiger partial charge < -0.3 is 14.2 Å². The topological polar surface area (TPSA) is 44.8 Å². The van der Waals surface area contributed by atoms with Crippen LogP contribution in [0, 0.1) is 0 Å². The van der Waals surface area contributed by atoms with Crippen LogP contribution in [-0.4, -0.2) is 30.6 Å². The van der Waals surface area contributed by atoms with Crippen molar-refractivity contribution in [2.24, 2.45) is 0 Å². The molecule has 2 unspecified atom stereocenters. The SMILES string of the molecule is CCOCCC1(C)OC(=O)OC1(C)CC. The van der Waals surface area contributed by atoms with E-state index in [1.165, 1.54) is 0 Å². The molecule has 4 heteroatoms. The summed E-state index contributed by atoms with van der Waals surface area (Å²) in [4.78, 5) is 11.2. The van der Waals surface area contributed by atoms with Gasteiger partial charge in [-0.1, -0.05) is 6.92 Å². The number of ether oxygens (including phenoxy) is 3. The first-order valence-corrected chi connectivity index (χ1v) is 5.47. The summed E-state index contributed by atoms with van der Waals surface area (Å²) in [6, 6.07) is 0. The average molecular weight is 216 g/mol. The standard InChI is InChI=1S/C11H20O4/c1-5-10(3)11(4,7-8-13-6-2)15-9(12)14-10/h5-8H2,1-4H3. The van der Waals surface area contributed by atoms with Crippen LogP contribution in [0.2, 0.25) is 0 Å². The van der Waals surface area contributed by atoms with Crippen LogP contribution in [0.4, 0.5) is 4.79 Å². The Hall–Kier alpha value is -0.770. The molecule has 88 valence electrons. The molecule has 0 bridgehead atoms. The first kappa shape index (κ1) is 12.3. The zero-order valence-corrected chi connectivity index (χ0v) is 9.96. The van der Waals surface area contributed by atoms with Gasteiger partial charge in [-0.3, -0.25) is 0 Å². The van der Waals surface area contributed by atoms with E-state index in [4.69, 9.17) is 14.2 Å². The van der Waals surface area contributed by atoms with Gasteiger partial charge in [-0.25, -0.2) is 4.79 Å². The van der Waals surface area contributed by atoms with Crippen molar-refractivity contribution in [3.05, 3.63) is 0 Å². The van der Waals surface area contributed by atoms with Gasteiger partial charge >= 0.3 is 6.16 Å². The lowest BCUT2D eigenvalue weighted by molar-refractivity contribution is -0.0469. The number of carbonyl (C=O) groups excluding carboxylic acids is 1. The molecular formula is C11H20O4. The number of hydrogen-bond acceptors (Lipinski definition) is 4. The lowest BCUT2D eigenvalue weighted by Gasteiger charge is -2.34. The molecule has 0 amide bonds. The quantitative estimate of drug-likeness (QED) is 0.523. The van der Waals surface area contributed by atoms with Gasteiger partial charge in [-0.2, -0.15) is 0 Å². The third-order valence-corrected chi connectivity index (χ3v) is 3.34. The van der Waals surface area contributed by atoms with Gasteiger partial charge in [0.15, 0.2) is 11.2 Å². The molecule has 0 spiro atoms. The van der Waals surface area contributed by atoms with E-state index >= 15 is 0 Å². The highest BCUT2D eigenvalue weighted by molar-refractivity contribution is 5.64. The summed E-state index contributed by atoms with van der Waals surface area (Å²) in [5.74, 6) is 0. The predicted molar refractivity (Wildman–Crippen MR) is 55.8 cm³/mol. The third-order valence-electron chi connectivity index (χ3n) is 3.34. The van der Waals surface area contributed by atoms with E-state index in [0.29, 0.717) is 19.6 Å². The minimum atomic E-state index is -0.575. The molecule has 0 aromatic carbocycles. The molecule has 2 atom stereocenters. The number of carbonyl (C=O) groups is 1. The maximum Gasteiger partial charge on any atom is 0.509 e. The van der Waals surface area contributed by atoms with Crippen LogP contribution < -0.4 is 0 Å². The van der Waals surface area contributed by atoms with Gasteiger partial charge in [0.1, 0.15) is 0 Å². The second kappa shape index (κ2) is 4.39. The maximum absolute atomic E-state index is 11.2. The Bertz CT molecular complexity index is 241. The molecule has 1 heterocycles. The van der Waals surface area contributed by atoms with Gasteiger partial charge in [0.25, 0.3) is 0 Å². The number of rotatable bonds is 5. The summed E-state index contributed by atoms with van der Waals surface area (Å²) in [5, 5.41) is 0. The highest BCUT2D eigenvalue weighted by atomic mass is 16.8. The first-order chi connectivity index (χ1) is 6.97. The van der Waals surface area contributed by atoms with Crippen LogP contribution >= 0.6 is 0 Å². The smallest absolute Gasteiger partial charge is 0.424 e. The number of cyclic esters (lactones) is 2. The van der Waals surface area contributed by atoms with E-state index in [1.807, 2.05) is 27.7 Å². The van der Waals surface area contributed by atoms with Crippen molar-refractivity contribution >= 4 is 6.16 Å². The van der Waals surface area contributed by atoms with Gasteiger partial charge in [-0.05, 0) is 27.2 Å². The Balaban J connectivity index is 2.67. The lowest BCUT2D eigenvalue weighted by Crippen LogP contribution is -2.47. The molecule has 1 saturated heterocycles. The van der Waals surface area contributed by atoms with Crippen LogP contribution in [0.15, 0.2) is 0 Å². The molecular weight excluding hydrogens is 196 g/mol. The Morgan fingerprint density at radius 2 is 1.80 bits per heavy atom. The Morgan fingerprint density at radius 3 is 2.33 bits per heavy atom. The fraction of sp³-hybridized carbons (Fsp3) is 0.909. The molecule has 0 radical (unpaired) electrons. The Morgan fingerprint density at radius 1 is 1.20 bits per heavy atom. The van der Waals surface area contributed by atoms with Gasteiger partial charge in [0.2, 0.25) is 0 Å². The molecule has 0 N–H and O–H groups in total. The minimum absolute atomic E-state index is 0.540. The highest BCUT2D eigenvalue weighted by Crippen LogP contribution is 2.41. The van der Waals surface area contributed by atoms with Gasteiger partial charge in [0.05, 0.1) is 6.61 Å². The van der Waals surface area contributed by atoms with Crippen molar-refractivity contribution in [1.29, 1.82) is 0 Å². The molecule has 0 aliphatic carbocycles. The summed E-state index contributed by atoms with van der Waals surface area (Å²) >= 11 is 0. The monoisotopic (exact) mass is 216 g/mol. The van der Waals surface area contributed by atoms with Crippen LogP contribution in [0.25, 0.3) is 0 Å². The molecule has 1 aliphatic rings. The van der Waals surface area contributed by atoms with E-state index in [2.05, 4.69) is 0 Å². The van der Waals surface area contributed by atoms with E-state index in [1.54, 1.807) is 0 Å². The Labute approximate surface area is 90.9 Å². The first-order valence-electron chi connectivity index (χ1n) is 5.47. The highest BCUT2D eigenvalue weighted by Gasteiger charge is 2.55. The lowest BCUT2D eigenvalue weighted by atomic mass is 9.81. The number of hydrogen-bond donors (Lipinski definition) is 0. The molecule has 1 fully saturated rings. The molecule has 0 saturated carbocycles. The van der Waals surface area contributed by atoms with E-state index in [0.717, 1.165) is 6.42 Å². The summed E-state index contributed by atoms with van der Waals surface area (Å²) in [6.07, 6.45) is 0.830. The normalized spacial score (nSPS) is 35.1. The molecule has 0 aromatic rings. The summed E-state index contributed by atoms with van der Waals surface area (Å²) in [7, 11) is 0. The van der Waals surface area contributed by atoms with E-state index < -0.39 is 17.4 Å². The fourth-order valence-corrected chi connectivity index (χ4v) is 1.78. The molecule has 4 nitrogen and oxygen atoms in total. The van der Waals surface area contributed by atoms with Crippen LogP contribution in [0.5, 0.6) is 0 Å². The predicted octanol–water partition coefficient (Wildman–Crippen LogP) is 2.51. The van der Waals surface area contributed by atoms with Crippen molar-refractivity contribution in [3.63, 3.8) is 0 Å². The second-order valence-corrected chi connectivity index (χ2v) is 4.22. The fourth-order valence-electron chi connectivity index (χ4n) is 1.78. The van der Waals surface area contributed by atoms with Crippen molar-refractivity contribution in [3.8, 4) is 0 Å². The molecule has 1 aliphatic heterocycles. The molecule has 15 heavy (non-hydrogen) atoms. The van der Waals surface area contributed by atoms with Gasteiger partial charge in [-0.15, -0.1) is 0 Å². The van der Waals surface area contributed by atoms with Crippen LogP contribution in [0.3, 0.4) is 0 Å². The van der Waals surface area contributed by atoms with Crippen molar-refractivity contribution in [2.45, 2.75) is 51.7 Å². The van der Waals surface area contributed by atoms with Crippen LogP contribution in [0.1, 0.15) is 40.5 Å². The van der Waals surface area contributed by atoms with Crippen molar-refractivity contribution in [1.82, 2.24) is 0 Å². The average Bonchev–Trinajstić information content (AvgIpc) is 2.39. The summed E-state index contributed by atoms with van der Waals surface area (Å²) in [5.41, 5.74) is -1.12. The van der Waals surface area contributed by atoms with Crippen LogP contribution in [-0.2, 0) is 14.2 Å². The van der Waals surface area contributed by atoms with E-state index in [-0.39, 0.29) is 0 Å². The van der Waals surface area contributed by atoms with E-state index in [9.17, 15) is 4.79 Å². The maximum atomic E-state index is 11.2. The molecule has 0 aromatic heterocycles. The molecule has 1 rings (SSSR count). The zero-order chi connectivity index (χ0) is 11.5. The van der Waals surface area contributed by atoms with Crippen molar-refractivity contribution in [2.75, 3.05) is 13.2 Å². The third kappa shape index (κ3) is 2.25. The Kier molecular flexibility index (Phi) is 3.60. The summed E-state index contributed by atoms with van der Waals surface area (Å²) in [6.45, 7) is 9.00. The largest absolute Gasteiger partial charge is 0.509 e. The second-order valence-electron chi connectivity index (χ2n) is 4.22. The van der Waals surface area contributed by atoms with Gasteiger partial charge in [0, 0.05) is 13.0 Å². The van der Waals surface area contributed by atoms with Crippen molar-refractivity contribution < 1.29 is 19.0 Å². The minimum Gasteiger partial charge on any atom is -0.424 e. The zero-order valence-electron chi connectivity index (χ0n) is 9.96.